The summed E-state index contributed by atoms with van der Waals surface area (Å²) in [5.41, 5.74) is 6.71. The van der Waals surface area contributed by atoms with E-state index >= 15 is 0 Å². The lowest BCUT2D eigenvalue weighted by atomic mass is 10.1. The zero-order chi connectivity index (χ0) is 20.1. The summed E-state index contributed by atoms with van der Waals surface area (Å²) in [5.74, 6) is -0.0251. The van der Waals surface area contributed by atoms with Crippen LogP contribution in [-0.2, 0) is 24.3 Å². The summed E-state index contributed by atoms with van der Waals surface area (Å²) in [6, 6.07) is 14.5. The van der Waals surface area contributed by atoms with E-state index in [0.717, 1.165) is 40.6 Å². The van der Waals surface area contributed by atoms with Gasteiger partial charge in [0.05, 0.1) is 12.1 Å². The van der Waals surface area contributed by atoms with E-state index < -0.39 is 0 Å². The minimum Gasteiger partial charge on any atom is -0.325 e. The Balaban J connectivity index is 1.55. The van der Waals surface area contributed by atoms with E-state index in [2.05, 4.69) is 58.8 Å². The van der Waals surface area contributed by atoms with Crippen LogP contribution in [0.4, 0.5) is 5.69 Å². The number of aromatic nitrogens is 1. The monoisotopic (exact) mass is 393 g/mol. The van der Waals surface area contributed by atoms with Crippen LogP contribution in [0.25, 0.3) is 0 Å². The second kappa shape index (κ2) is 9.13. The van der Waals surface area contributed by atoms with E-state index in [1.807, 2.05) is 32.0 Å². The highest BCUT2D eigenvalue weighted by atomic mass is 32.1. The van der Waals surface area contributed by atoms with Crippen molar-refractivity contribution in [3.63, 3.8) is 0 Å². The Hall–Kier alpha value is -2.50. The lowest BCUT2D eigenvalue weighted by Crippen LogP contribution is -2.18. The maximum Gasteiger partial charge on any atom is 0.231 e. The van der Waals surface area contributed by atoms with Gasteiger partial charge >= 0.3 is 0 Å². The number of rotatable bonds is 7. The molecule has 1 aromatic heterocycles. The topological polar surface area (TPSA) is 45.2 Å². The number of hydrogen-bond acceptors (Lipinski definition) is 4. The van der Waals surface area contributed by atoms with Crippen LogP contribution in [0.1, 0.15) is 33.0 Å². The fourth-order valence-electron chi connectivity index (χ4n) is 3.12. The summed E-state index contributed by atoms with van der Waals surface area (Å²) in [7, 11) is 2.10. The van der Waals surface area contributed by atoms with Crippen molar-refractivity contribution >= 4 is 22.9 Å². The van der Waals surface area contributed by atoms with Gasteiger partial charge in [-0.2, -0.15) is 0 Å². The van der Waals surface area contributed by atoms with E-state index in [1.54, 1.807) is 11.3 Å². The number of nitrogens with one attached hydrogen (secondary N) is 1. The van der Waals surface area contributed by atoms with E-state index in [9.17, 15) is 4.79 Å². The number of carbonyl (C=O) groups is 1. The molecule has 0 aliphatic heterocycles. The quantitative estimate of drug-likeness (QED) is 0.622. The normalized spacial score (nSPS) is 11.0. The van der Waals surface area contributed by atoms with Crippen molar-refractivity contribution in [1.82, 2.24) is 9.88 Å². The third-order valence-electron chi connectivity index (χ3n) is 4.71. The molecule has 0 saturated heterocycles. The second-order valence-electron chi connectivity index (χ2n) is 7.37. The smallest absolute Gasteiger partial charge is 0.231 e. The number of thiazole rings is 1. The molecule has 1 N–H and O–H groups in total. The van der Waals surface area contributed by atoms with Crippen LogP contribution in [0.15, 0.2) is 47.8 Å². The summed E-state index contributed by atoms with van der Waals surface area (Å²) < 4.78 is 0. The number of benzene rings is 2. The fraction of sp³-hybridized carbons (Fsp3) is 0.304. The molecular weight excluding hydrogens is 366 g/mol. The number of amides is 1. The third-order valence-corrected chi connectivity index (χ3v) is 5.61. The van der Waals surface area contributed by atoms with Crippen molar-refractivity contribution in [1.29, 1.82) is 0 Å². The Kier molecular flexibility index (Phi) is 6.60. The molecule has 0 spiro atoms. The largest absolute Gasteiger partial charge is 0.325 e. The van der Waals surface area contributed by atoms with Gasteiger partial charge < -0.3 is 5.32 Å². The molecule has 2 aromatic carbocycles. The number of aryl methyl sites for hydroxylation is 3. The first-order chi connectivity index (χ1) is 13.4. The number of nitrogens with zero attached hydrogens (tertiary/aromatic N) is 2. The summed E-state index contributed by atoms with van der Waals surface area (Å²) in [6.45, 7) is 7.81. The van der Waals surface area contributed by atoms with E-state index in [4.69, 9.17) is 0 Å². The van der Waals surface area contributed by atoms with E-state index in [1.165, 1.54) is 11.1 Å². The fourth-order valence-corrected chi connectivity index (χ4v) is 3.90. The molecule has 3 rings (SSSR count). The molecule has 0 aliphatic carbocycles. The first-order valence-corrected chi connectivity index (χ1v) is 10.3. The SMILES string of the molecule is Cc1ccc(C)c(NC(=O)Cc2nc(CN(C)Cc3ccccc3C)cs2)c1. The Bertz CT molecular complexity index is 964. The van der Waals surface area contributed by atoms with Crippen LogP contribution in [0.2, 0.25) is 0 Å². The van der Waals surface area contributed by atoms with Gasteiger partial charge in [0.25, 0.3) is 0 Å². The maximum atomic E-state index is 12.4. The molecule has 146 valence electrons. The van der Waals surface area contributed by atoms with Gasteiger partial charge in [-0.15, -0.1) is 11.3 Å². The third kappa shape index (κ3) is 5.50. The molecule has 0 fully saturated rings. The zero-order valence-corrected chi connectivity index (χ0v) is 17.8. The highest BCUT2D eigenvalue weighted by Gasteiger charge is 2.11. The minimum atomic E-state index is -0.0251. The first-order valence-electron chi connectivity index (χ1n) is 9.44. The molecule has 3 aromatic rings. The molecule has 1 heterocycles. The zero-order valence-electron chi connectivity index (χ0n) is 17.0. The van der Waals surface area contributed by atoms with E-state index in [0.29, 0.717) is 6.42 Å². The Morgan fingerprint density at radius 1 is 1.07 bits per heavy atom. The van der Waals surface area contributed by atoms with Crippen molar-refractivity contribution in [2.75, 3.05) is 12.4 Å². The van der Waals surface area contributed by atoms with Gasteiger partial charge in [-0.05, 0) is 56.1 Å². The molecule has 0 unspecified atom stereocenters. The van der Waals surface area contributed by atoms with Gasteiger partial charge in [0.1, 0.15) is 5.01 Å². The Morgan fingerprint density at radius 3 is 2.64 bits per heavy atom. The molecule has 4 nitrogen and oxygen atoms in total. The average Bonchev–Trinajstić information content (AvgIpc) is 3.06. The van der Waals surface area contributed by atoms with Crippen LogP contribution in [0.5, 0.6) is 0 Å². The molecule has 28 heavy (non-hydrogen) atoms. The number of hydrogen-bond donors (Lipinski definition) is 1. The summed E-state index contributed by atoms with van der Waals surface area (Å²) in [5, 5.41) is 5.91. The molecule has 0 radical (unpaired) electrons. The maximum absolute atomic E-state index is 12.4. The molecule has 0 atom stereocenters. The number of anilines is 1. The lowest BCUT2D eigenvalue weighted by molar-refractivity contribution is -0.115. The van der Waals surface area contributed by atoms with Crippen molar-refractivity contribution in [2.45, 2.75) is 40.3 Å². The molecule has 0 saturated carbocycles. The molecule has 0 bridgehead atoms. The van der Waals surface area contributed by atoms with Crippen molar-refractivity contribution in [3.8, 4) is 0 Å². The van der Waals surface area contributed by atoms with Gasteiger partial charge in [0, 0.05) is 24.2 Å². The Labute approximate surface area is 171 Å². The van der Waals surface area contributed by atoms with Crippen LogP contribution in [0, 0.1) is 20.8 Å². The van der Waals surface area contributed by atoms with Crippen molar-refractivity contribution in [3.05, 3.63) is 80.8 Å². The van der Waals surface area contributed by atoms with Gasteiger partial charge in [-0.1, -0.05) is 36.4 Å². The van der Waals surface area contributed by atoms with Crippen LogP contribution in [0.3, 0.4) is 0 Å². The number of carbonyl (C=O) groups excluding carboxylic acids is 1. The predicted molar refractivity (Wildman–Crippen MR) is 117 cm³/mol. The summed E-state index contributed by atoms with van der Waals surface area (Å²) in [6.07, 6.45) is 0.305. The summed E-state index contributed by atoms with van der Waals surface area (Å²) in [4.78, 5) is 19.3. The minimum absolute atomic E-state index is 0.0251. The van der Waals surface area contributed by atoms with E-state index in [-0.39, 0.29) is 5.91 Å². The van der Waals surface area contributed by atoms with Crippen molar-refractivity contribution < 1.29 is 4.79 Å². The highest BCUT2D eigenvalue weighted by Crippen LogP contribution is 2.18. The molecule has 5 heteroatoms. The molecule has 1 amide bonds. The van der Waals surface area contributed by atoms with Gasteiger partial charge in [0.2, 0.25) is 5.91 Å². The predicted octanol–water partition coefficient (Wildman–Crippen LogP) is 4.88. The highest BCUT2D eigenvalue weighted by molar-refractivity contribution is 7.09. The van der Waals surface area contributed by atoms with Crippen LogP contribution < -0.4 is 5.32 Å². The molecular formula is C23H27N3OS. The van der Waals surface area contributed by atoms with Crippen LogP contribution >= 0.6 is 11.3 Å². The van der Waals surface area contributed by atoms with Gasteiger partial charge in [0.15, 0.2) is 0 Å². The molecule has 0 aliphatic rings. The standard InChI is InChI=1S/C23H27N3OS/c1-16-9-10-18(3)21(11-16)25-22(27)12-23-24-20(15-28-23)14-26(4)13-19-8-6-5-7-17(19)2/h5-11,15H,12-14H2,1-4H3,(H,25,27). The van der Waals surface area contributed by atoms with Crippen molar-refractivity contribution in [2.24, 2.45) is 0 Å². The second-order valence-corrected chi connectivity index (χ2v) is 8.32. The lowest BCUT2D eigenvalue weighted by Gasteiger charge is -2.16. The first kappa shape index (κ1) is 20.2. The van der Waals surface area contributed by atoms with Gasteiger partial charge in [-0.25, -0.2) is 4.98 Å². The average molecular weight is 394 g/mol. The van der Waals surface area contributed by atoms with Crippen LogP contribution in [-0.4, -0.2) is 22.8 Å². The van der Waals surface area contributed by atoms with Gasteiger partial charge in [-0.3, -0.25) is 9.69 Å². The summed E-state index contributed by atoms with van der Waals surface area (Å²) >= 11 is 1.55. The Morgan fingerprint density at radius 2 is 1.86 bits per heavy atom.